The third kappa shape index (κ3) is 4.78. The van der Waals surface area contributed by atoms with Gasteiger partial charge in [0, 0.05) is 5.71 Å². The van der Waals surface area contributed by atoms with E-state index in [-0.39, 0.29) is 11.4 Å². The predicted octanol–water partition coefficient (Wildman–Crippen LogP) is 3.54. The molecule has 0 atom stereocenters. The zero-order valence-electron chi connectivity index (χ0n) is 16.2. The van der Waals surface area contributed by atoms with Gasteiger partial charge in [-0.05, 0) is 69.4 Å². The molecule has 3 rings (SSSR count). The summed E-state index contributed by atoms with van der Waals surface area (Å²) in [5.41, 5.74) is 5.79. The second-order valence-corrected chi connectivity index (χ2v) is 8.95. The van der Waals surface area contributed by atoms with Crippen molar-refractivity contribution >= 4 is 27.3 Å². The van der Waals surface area contributed by atoms with Crippen LogP contribution in [0.1, 0.15) is 36.8 Å². The van der Waals surface area contributed by atoms with E-state index in [1.54, 1.807) is 42.5 Å². The third-order valence-electron chi connectivity index (χ3n) is 4.71. The van der Waals surface area contributed by atoms with Crippen LogP contribution in [0.15, 0.2) is 58.5 Å². The number of hydrazone groups is 1. The first-order chi connectivity index (χ1) is 13.4. The van der Waals surface area contributed by atoms with Gasteiger partial charge < -0.3 is 0 Å². The Morgan fingerprint density at radius 2 is 1.71 bits per heavy atom. The fraction of sp³-hybridized carbons (Fsp3) is 0.333. The molecule has 2 aromatic rings. The zero-order chi connectivity index (χ0) is 20.1. The fourth-order valence-electron chi connectivity index (χ4n) is 3.14. The highest BCUT2D eigenvalue weighted by molar-refractivity contribution is 7.92. The minimum absolute atomic E-state index is 0.148. The Labute approximate surface area is 166 Å². The van der Waals surface area contributed by atoms with Gasteiger partial charge in [-0.15, -0.1) is 0 Å². The second kappa shape index (κ2) is 8.56. The normalized spacial score (nSPS) is 14.0. The summed E-state index contributed by atoms with van der Waals surface area (Å²) < 4.78 is 27.7. The molecular weight excluding hydrogens is 374 g/mol. The number of carbonyl (C=O) groups excluding carboxylic acids is 1. The molecule has 0 aliphatic heterocycles. The van der Waals surface area contributed by atoms with E-state index < -0.39 is 15.9 Å². The van der Waals surface area contributed by atoms with E-state index in [2.05, 4.69) is 10.5 Å². The second-order valence-electron chi connectivity index (χ2n) is 7.08. The van der Waals surface area contributed by atoms with Crippen LogP contribution < -0.4 is 9.73 Å². The molecule has 1 aliphatic rings. The fourth-order valence-corrected chi connectivity index (χ4v) is 4.55. The summed E-state index contributed by atoms with van der Waals surface area (Å²) >= 11 is 0. The lowest BCUT2D eigenvalue weighted by Crippen LogP contribution is -2.39. The van der Waals surface area contributed by atoms with Crippen LogP contribution in [-0.2, 0) is 14.8 Å². The van der Waals surface area contributed by atoms with E-state index in [1.165, 1.54) is 0 Å². The van der Waals surface area contributed by atoms with Crippen LogP contribution in [0.25, 0.3) is 0 Å². The molecule has 0 aromatic heterocycles. The Balaban J connectivity index is 1.89. The Bertz CT molecular complexity index is 974. The molecule has 1 N–H and O–H groups in total. The minimum Gasteiger partial charge on any atom is -0.271 e. The van der Waals surface area contributed by atoms with Crippen LogP contribution >= 0.6 is 0 Å². The van der Waals surface area contributed by atoms with Gasteiger partial charge in [-0.1, -0.05) is 29.8 Å². The van der Waals surface area contributed by atoms with Gasteiger partial charge in [0.15, 0.2) is 0 Å². The molecule has 28 heavy (non-hydrogen) atoms. The molecular formula is C21H25N3O3S. The molecule has 1 saturated carbocycles. The molecule has 2 aromatic carbocycles. The van der Waals surface area contributed by atoms with Crippen molar-refractivity contribution in [2.45, 2.75) is 44.4 Å². The quantitative estimate of drug-likeness (QED) is 0.755. The SMILES string of the molecule is Cc1ccc(S(=O)(=O)N(CC(=O)NN=C2CCCC2)c2cccc(C)c2)cc1. The first kappa shape index (κ1) is 20.1. The van der Waals surface area contributed by atoms with Crippen molar-refractivity contribution in [1.29, 1.82) is 0 Å². The molecule has 6 nitrogen and oxygen atoms in total. The van der Waals surface area contributed by atoms with Crippen molar-refractivity contribution in [3.05, 3.63) is 59.7 Å². The summed E-state index contributed by atoms with van der Waals surface area (Å²) in [6.07, 6.45) is 3.91. The highest BCUT2D eigenvalue weighted by Crippen LogP contribution is 2.24. The Morgan fingerprint density at radius 1 is 1.04 bits per heavy atom. The highest BCUT2D eigenvalue weighted by Gasteiger charge is 2.27. The van der Waals surface area contributed by atoms with Crippen molar-refractivity contribution in [3.63, 3.8) is 0 Å². The number of sulfonamides is 1. The first-order valence-electron chi connectivity index (χ1n) is 9.36. The number of nitrogens with one attached hydrogen (secondary N) is 1. The smallest absolute Gasteiger partial charge is 0.264 e. The Kier molecular flexibility index (Phi) is 6.14. The van der Waals surface area contributed by atoms with E-state index >= 15 is 0 Å². The third-order valence-corrected chi connectivity index (χ3v) is 6.49. The van der Waals surface area contributed by atoms with Crippen LogP contribution in [-0.4, -0.2) is 26.6 Å². The molecule has 0 bridgehead atoms. The number of carbonyl (C=O) groups is 1. The summed E-state index contributed by atoms with van der Waals surface area (Å²) in [5, 5.41) is 4.15. The van der Waals surface area contributed by atoms with Crippen LogP contribution in [0.2, 0.25) is 0 Å². The van der Waals surface area contributed by atoms with Gasteiger partial charge in [0.2, 0.25) is 0 Å². The number of amides is 1. The molecule has 7 heteroatoms. The highest BCUT2D eigenvalue weighted by atomic mass is 32.2. The number of benzene rings is 2. The molecule has 148 valence electrons. The number of hydrogen-bond donors (Lipinski definition) is 1. The zero-order valence-corrected chi connectivity index (χ0v) is 17.0. The van der Waals surface area contributed by atoms with Crippen molar-refractivity contribution < 1.29 is 13.2 Å². The van der Waals surface area contributed by atoms with Crippen molar-refractivity contribution in [2.24, 2.45) is 5.10 Å². The molecule has 0 spiro atoms. The molecule has 0 heterocycles. The van der Waals surface area contributed by atoms with Crippen LogP contribution in [0.3, 0.4) is 0 Å². The summed E-state index contributed by atoms with van der Waals surface area (Å²) in [6, 6.07) is 13.7. The van der Waals surface area contributed by atoms with Crippen LogP contribution in [0.4, 0.5) is 5.69 Å². The van der Waals surface area contributed by atoms with Crippen molar-refractivity contribution in [3.8, 4) is 0 Å². The van der Waals surface area contributed by atoms with Gasteiger partial charge in [-0.25, -0.2) is 13.8 Å². The topological polar surface area (TPSA) is 78.8 Å². The number of nitrogens with zero attached hydrogens (tertiary/aromatic N) is 2. The van der Waals surface area contributed by atoms with E-state index in [1.807, 2.05) is 19.9 Å². The van der Waals surface area contributed by atoms with Gasteiger partial charge in [0.25, 0.3) is 15.9 Å². The standard InChI is InChI=1S/C21H25N3O3S/c1-16-10-12-20(13-11-16)28(26,27)24(19-9-5-6-17(2)14-19)15-21(25)23-22-18-7-3-4-8-18/h5-6,9-14H,3-4,7-8,15H2,1-2H3,(H,23,25). The number of aryl methyl sites for hydroxylation is 2. The Hall–Kier alpha value is -2.67. The van der Waals surface area contributed by atoms with E-state index in [0.29, 0.717) is 5.69 Å². The minimum atomic E-state index is -3.90. The van der Waals surface area contributed by atoms with Gasteiger partial charge in [0.1, 0.15) is 6.54 Å². The molecule has 1 amide bonds. The van der Waals surface area contributed by atoms with Gasteiger partial charge in [0.05, 0.1) is 10.6 Å². The van der Waals surface area contributed by atoms with Crippen molar-refractivity contribution in [2.75, 3.05) is 10.8 Å². The average molecular weight is 400 g/mol. The lowest BCUT2D eigenvalue weighted by atomic mass is 10.2. The maximum atomic E-state index is 13.3. The largest absolute Gasteiger partial charge is 0.271 e. The number of hydrogen-bond acceptors (Lipinski definition) is 4. The molecule has 1 aliphatic carbocycles. The lowest BCUT2D eigenvalue weighted by Gasteiger charge is -2.24. The van der Waals surface area contributed by atoms with Gasteiger partial charge >= 0.3 is 0 Å². The predicted molar refractivity (Wildman–Crippen MR) is 111 cm³/mol. The maximum Gasteiger partial charge on any atom is 0.264 e. The maximum absolute atomic E-state index is 13.3. The number of rotatable bonds is 6. The summed E-state index contributed by atoms with van der Waals surface area (Å²) in [4.78, 5) is 12.6. The average Bonchev–Trinajstić information content (AvgIpc) is 3.18. The van der Waals surface area contributed by atoms with Crippen molar-refractivity contribution in [1.82, 2.24) is 5.43 Å². The molecule has 0 saturated heterocycles. The summed E-state index contributed by atoms with van der Waals surface area (Å²) in [7, 11) is -3.90. The summed E-state index contributed by atoms with van der Waals surface area (Å²) in [5.74, 6) is -0.461. The Morgan fingerprint density at radius 3 is 2.36 bits per heavy atom. The monoisotopic (exact) mass is 399 g/mol. The van der Waals surface area contributed by atoms with E-state index in [0.717, 1.165) is 46.8 Å². The first-order valence-corrected chi connectivity index (χ1v) is 10.8. The van der Waals surface area contributed by atoms with Crippen LogP contribution in [0.5, 0.6) is 0 Å². The van der Waals surface area contributed by atoms with Gasteiger partial charge in [-0.3, -0.25) is 9.10 Å². The van der Waals surface area contributed by atoms with E-state index in [9.17, 15) is 13.2 Å². The lowest BCUT2D eigenvalue weighted by molar-refractivity contribution is -0.119. The molecule has 1 fully saturated rings. The molecule has 0 radical (unpaired) electrons. The van der Waals surface area contributed by atoms with Crippen LogP contribution in [0, 0.1) is 13.8 Å². The van der Waals surface area contributed by atoms with Gasteiger partial charge in [-0.2, -0.15) is 5.10 Å². The summed E-state index contributed by atoms with van der Waals surface area (Å²) in [6.45, 7) is 3.44. The van der Waals surface area contributed by atoms with E-state index in [4.69, 9.17) is 0 Å². The molecule has 0 unspecified atom stereocenters. The number of anilines is 1.